The van der Waals surface area contributed by atoms with Gasteiger partial charge in [0.2, 0.25) is 0 Å². The van der Waals surface area contributed by atoms with Gasteiger partial charge in [0.05, 0.1) is 5.69 Å². The molecule has 1 aromatic heterocycles. The molecule has 1 aromatic carbocycles. The summed E-state index contributed by atoms with van der Waals surface area (Å²) in [5.41, 5.74) is 6.70. The van der Waals surface area contributed by atoms with Crippen LogP contribution in [0.2, 0.25) is 0 Å². The number of fused-ring (bicyclic) bond motifs is 1. The number of hydrogen-bond acceptors (Lipinski definition) is 3. The van der Waals surface area contributed by atoms with E-state index in [1.54, 1.807) is 0 Å². The third-order valence-electron chi connectivity index (χ3n) is 6.11. The summed E-state index contributed by atoms with van der Waals surface area (Å²) in [6.45, 7) is 11.9. The first-order chi connectivity index (χ1) is 13.3. The molecule has 0 saturated heterocycles. The quantitative estimate of drug-likeness (QED) is 0.705. The summed E-state index contributed by atoms with van der Waals surface area (Å²) in [7, 11) is 2.01. The molecule has 0 aliphatic carbocycles. The van der Waals surface area contributed by atoms with E-state index in [0.717, 1.165) is 63.0 Å². The Morgan fingerprint density at radius 1 is 1.04 bits per heavy atom. The zero-order valence-electron chi connectivity index (χ0n) is 18.6. The number of aryl methyl sites for hydroxylation is 4. The molecule has 1 aliphatic heterocycles. The van der Waals surface area contributed by atoms with Gasteiger partial charge in [0.1, 0.15) is 5.60 Å². The first-order valence-electron chi connectivity index (χ1n) is 11.0. The number of rotatable bonds is 6. The minimum Gasteiger partial charge on any atom is -0.384 e. The van der Waals surface area contributed by atoms with Gasteiger partial charge < -0.3 is 10.0 Å². The van der Waals surface area contributed by atoms with Crippen LogP contribution in [0, 0.1) is 20.8 Å². The second-order valence-corrected chi connectivity index (χ2v) is 8.66. The number of anilines is 2. The summed E-state index contributed by atoms with van der Waals surface area (Å²) in [5.74, 6) is 1.05. The molecule has 4 nitrogen and oxygen atoms in total. The van der Waals surface area contributed by atoms with Crippen molar-refractivity contribution in [2.75, 3.05) is 11.4 Å². The average Bonchev–Trinajstić information content (AvgIpc) is 2.81. The van der Waals surface area contributed by atoms with Crippen molar-refractivity contribution in [1.29, 1.82) is 0 Å². The molecule has 3 rings (SSSR count). The fourth-order valence-electron chi connectivity index (χ4n) is 5.27. The number of nitrogens with zero attached hydrogens (tertiary/aromatic N) is 3. The minimum absolute atomic E-state index is 0.786. The van der Waals surface area contributed by atoms with Gasteiger partial charge in [-0.15, -0.1) is 0 Å². The van der Waals surface area contributed by atoms with Crippen LogP contribution in [0.25, 0.3) is 0 Å². The Hall–Kier alpha value is -1.81. The van der Waals surface area contributed by atoms with Gasteiger partial charge in [-0.05, 0) is 64.0 Å². The van der Waals surface area contributed by atoms with Crippen molar-refractivity contribution >= 4 is 11.5 Å². The zero-order chi connectivity index (χ0) is 20.5. The number of aliphatic hydroxyl groups is 1. The lowest BCUT2D eigenvalue weighted by Crippen LogP contribution is -2.29. The van der Waals surface area contributed by atoms with Crippen molar-refractivity contribution in [3.63, 3.8) is 0 Å². The first-order valence-corrected chi connectivity index (χ1v) is 11.0. The molecule has 0 radical (unpaired) electrons. The predicted molar refractivity (Wildman–Crippen MR) is 118 cm³/mol. The molecule has 2 heterocycles. The van der Waals surface area contributed by atoms with E-state index in [9.17, 15) is 5.11 Å². The van der Waals surface area contributed by atoms with E-state index in [0.29, 0.717) is 0 Å². The number of aromatic nitrogens is 2. The third-order valence-corrected chi connectivity index (χ3v) is 6.11. The number of benzene rings is 1. The Morgan fingerprint density at radius 3 is 2.21 bits per heavy atom. The Bertz CT molecular complexity index is 808. The maximum Gasteiger partial charge on any atom is 0.158 e. The molecule has 0 unspecified atom stereocenters. The summed E-state index contributed by atoms with van der Waals surface area (Å²) in [6, 6.07) is 4.53. The third kappa shape index (κ3) is 3.71. The highest BCUT2D eigenvalue weighted by atomic mass is 16.3. The molecule has 1 N–H and O–H groups in total. The molecular weight excluding hydrogens is 346 g/mol. The average molecular weight is 384 g/mol. The lowest BCUT2D eigenvalue weighted by Gasteiger charge is -2.29. The van der Waals surface area contributed by atoms with Gasteiger partial charge in [0.15, 0.2) is 5.82 Å². The molecule has 4 heteroatoms. The lowest BCUT2D eigenvalue weighted by molar-refractivity contribution is 0.00831. The van der Waals surface area contributed by atoms with E-state index in [2.05, 4.69) is 51.7 Å². The summed E-state index contributed by atoms with van der Waals surface area (Å²) in [4.78, 5) is 2.41. The van der Waals surface area contributed by atoms with Crippen LogP contribution in [0.3, 0.4) is 0 Å². The second-order valence-electron chi connectivity index (χ2n) is 8.66. The lowest BCUT2D eigenvalue weighted by atomic mass is 9.86. The van der Waals surface area contributed by atoms with Gasteiger partial charge in [-0.1, -0.05) is 44.4 Å². The fraction of sp³-hybridized carbons (Fsp3) is 0.625. The van der Waals surface area contributed by atoms with Crippen molar-refractivity contribution in [3.05, 3.63) is 40.1 Å². The zero-order valence-corrected chi connectivity index (χ0v) is 18.6. The van der Waals surface area contributed by atoms with Crippen molar-refractivity contribution in [2.45, 2.75) is 85.2 Å². The van der Waals surface area contributed by atoms with E-state index in [1.807, 2.05) is 11.7 Å². The first kappa shape index (κ1) is 20.9. The SMILES string of the molecule is CCCC(O)(CCC)c1c2c(nn1C)N(c1c(C)cc(C)cc1C)CCCC2. The second kappa shape index (κ2) is 8.28. The van der Waals surface area contributed by atoms with E-state index in [-0.39, 0.29) is 0 Å². The standard InChI is InChI=1S/C24H37N3O/c1-7-12-24(28,13-8-2)22-20-11-9-10-14-27(23(20)25-26(22)6)21-18(4)15-17(3)16-19(21)5/h15-16,28H,7-14H2,1-6H3. The topological polar surface area (TPSA) is 41.3 Å². The van der Waals surface area contributed by atoms with Crippen LogP contribution >= 0.6 is 0 Å². The maximum atomic E-state index is 11.6. The van der Waals surface area contributed by atoms with Gasteiger partial charge in [0, 0.05) is 24.8 Å². The van der Waals surface area contributed by atoms with Crippen LogP contribution < -0.4 is 4.90 Å². The number of hydrogen-bond donors (Lipinski definition) is 1. The normalized spacial score (nSPS) is 14.9. The van der Waals surface area contributed by atoms with Crippen LogP contribution in [0.1, 0.15) is 80.3 Å². The van der Waals surface area contributed by atoms with Crippen molar-refractivity contribution in [2.24, 2.45) is 7.05 Å². The van der Waals surface area contributed by atoms with Crippen molar-refractivity contribution in [3.8, 4) is 0 Å². The van der Waals surface area contributed by atoms with Crippen molar-refractivity contribution in [1.82, 2.24) is 9.78 Å². The molecule has 154 valence electrons. The predicted octanol–water partition coefficient (Wildman–Crippen LogP) is 5.61. The highest BCUT2D eigenvalue weighted by Crippen LogP contribution is 2.42. The van der Waals surface area contributed by atoms with Crippen LogP contribution in [-0.4, -0.2) is 21.4 Å². The molecule has 1 aliphatic rings. The van der Waals surface area contributed by atoms with Crippen molar-refractivity contribution < 1.29 is 5.11 Å². The molecular formula is C24H37N3O. The van der Waals surface area contributed by atoms with E-state index in [4.69, 9.17) is 5.10 Å². The maximum absolute atomic E-state index is 11.6. The van der Waals surface area contributed by atoms with Gasteiger partial charge in [-0.3, -0.25) is 4.68 Å². The summed E-state index contributed by atoms with van der Waals surface area (Å²) in [6.07, 6.45) is 6.79. The van der Waals surface area contributed by atoms with Crippen LogP contribution in [0.15, 0.2) is 12.1 Å². The molecule has 2 aromatic rings. The molecule has 0 bridgehead atoms. The van der Waals surface area contributed by atoms with Gasteiger partial charge in [-0.25, -0.2) is 0 Å². The highest BCUT2D eigenvalue weighted by molar-refractivity contribution is 5.71. The van der Waals surface area contributed by atoms with Gasteiger partial charge in [-0.2, -0.15) is 5.10 Å². The molecule has 28 heavy (non-hydrogen) atoms. The Kier molecular flexibility index (Phi) is 6.18. The molecule has 0 saturated carbocycles. The van der Waals surface area contributed by atoms with Gasteiger partial charge in [0.25, 0.3) is 0 Å². The summed E-state index contributed by atoms with van der Waals surface area (Å²) < 4.78 is 1.97. The Balaban J connectivity index is 2.18. The molecule has 0 spiro atoms. The Morgan fingerprint density at radius 2 is 1.64 bits per heavy atom. The fourth-order valence-corrected chi connectivity index (χ4v) is 5.27. The highest BCUT2D eigenvalue weighted by Gasteiger charge is 2.37. The van der Waals surface area contributed by atoms with Gasteiger partial charge >= 0.3 is 0 Å². The smallest absolute Gasteiger partial charge is 0.158 e. The van der Waals surface area contributed by atoms with E-state index in [1.165, 1.54) is 27.9 Å². The van der Waals surface area contributed by atoms with Crippen LogP contribution in [0.5, 0.6) is 0 Å². The Labute approximate surface area is 170 Å². The van der Waals surface area contributed by atoms with E-state index < -0.39 is 5.60 Å². The minimum atomic E-state index is -0.786. The monoisotopic (exact) mass is 383 g/mol. The largest absolute Gasteiger partial charge is 0.384 e. The van der Waals surface area contributed by atoms with E-state index >= 15 is 0 Å². The van der Waals surface area contributed by atoms with Crippen LogP contribution in [-0.2, 0) is 19.1 Å². The summed E-state index contributed by atoms with van der Waals surface area (Å²) in [5, 5.41) is 16.6. The summed E-state index contributed by atoms with van der Waals surface area (Å²) >= 11 is 0. The molecule has 0 amide bonds. The van der Waals surface area contributed by atoms with Crippen LogP contribution in [0.4, 0.5) is 11.5 Å². The molecule has 0 atom stereocenters. The molecule has 0 fully saturated rings.